The van der Waals surface area contributed by atoms with E-state index in [1.54, 1.807) is 12.1 Å². The van der Waals surface area contributed by atoms with E-state index >= 15 is 0 Å². The number of benzene rings is 4. The largest absolute Gasteiger partial charge is 0.478 e. The second-order valence-corrected chi connectivity index (χ2v) is 10.7. The number of pyridine rings is 1. The maximum atomic E-state index is 12.5. The van der Waals surface area contributed by atoms with Gasteiger partial charge >= 0.3 is 5.97 Å². The number of nitrogens with zero attached hydrogens (tertiary/aromatic N) is 1. The van der Waals surface area contributed by atoms with Gasteiger partial charge in [-0.25, -0.2) is 4.79 Å². The molecule has 1 aromatic heterocycles. The zero-order chi connectivity index (χ0) is 27.3. The van der Waals surface area contributed by atoms with Crippen molar-refractivity contribution in [3.8, 4) is 0 Å². The van der Waals surface area contributed by atoms with Crippen LogP contribution in [0.2, 0.25) is 15.1 Å². The van der Waals surface area contributed by atoms with Crippen molar-refractivity contribution in [2.75, 3.05) is 5.73 Å². The van der Waals surface area contributed by atoms with Gasteiger partial charge in [0.2, 0.25) is 0 Å². The summed E-state index contributed by atoms with van der Waals surface area (Å²) in [5, 5.41) is 11.1. The van der Waals surface area contributed by atoms with E-state index in [0.717, 1.165) is 25.7 Å². The topological polar surface area (TPSA) is 85.3 Å². The van der Waals surface area contributed by atoms with Crippen LogP contribution in [0.1, 0.15) is 10.4 Å². The minimum atomic E-state index is -1.05. The van der Waals surface area contributed by atoms with Crippen LogP contribution in [0.4, 0.5) is 5.69 Å². The van der Waals surface area contributed by atoms with Crippen LogP contribution in [0.3, 0.4) is 0 Å². The molecule has 1 heterocycles. The third-order valence-electron chi connectivity index (χ3n) is 5.16. The molecule has 0 aliphatic carbocycles. The number of halogens is 5. The Hall–Kier alpha value is -2.55. The molecule has 0 amide bonds. The molecule has 0 fully saturated rings. The third-order valence-corrected chi connectivity index (χ3v) is 7.09. The first-order valence-corrected chi connectivity index (χ1v) is 13.3. The molecule has 3 N–H and O–H groups in total. The van der Waals surface area contributed by atoms with Gasteiger partial charge in [-0.05, 0) is 82.7 Å². The van der Waals surface area contributed by atoms with Gasteiger partial charge in [-0.3, -0.25) is 4.79 Å². The van der Waals surface area contributed by atoms with E-state index in [2.05, 4.69) is 31.9 Å². The van der Waals surface area contributed by atoms with E-state index in [4.69, 9.17) is 45.6 Å². The fourth-order valence-corrected chi connectivity index (χ4v) is 5.03. The summed E-state index contributed by atoms with van der Waals surface area (Å²) in [6, 6.07) is 22.9. The lowest BCUT2D eigenvalue weighted by Crippen LogP contribution is -2.09. The molecule has 0 radical (unpaired) electrons. The average molecular weight is 686 g/mol. The van der Waals surface area contributed by atoms with E-state index in [0.29, 0.717) is 20.8 Å². The fourth-order valence-electron chi connectivity index (χ4n) is 3.43. The molecule has 0 saturated carbocycles. The van der Waals surface area contributed by atoms with E-state index in [1.807, 2.05) is 60.1 Å². The highest BCUT2D eigenvalue weighted by molar-refractivity contribution is 9.11. The molecule has 4 aromatic carbocycles. The summed E-state index contributed by atoms with van der Waals surface area (Å²) >= 11 is 23.8. The molecule has 0 unspecified atom stereocenters. The van der Waals surface area contributed by atoms with Crippen LogP contribution in [-0.2, 0) is 7.05 Å². The molecule has 190 valence electrons. The molecular formula is C27H19Br2Cl3N2O3. The molecule has 37 heavy (non-hydrogen) atoms. The number of aryl methyl sites for hydroxylation is 1. The molecule has 0 atom stereocenters. The SMILES string of the molecule is Cn1c2cc(Cl)ccc2c(=O)c2c(Br)cccc21.Nc1cccc(Br)c1.O=C(O)c1ccc(Cl)cc1Cl. The van der Waals surface area contributed by atoms with Crippen LogP contribution < -0.4 is 11.2 Å². The molecule has 5 nitrogen and oxygen atoms in total. The lowest BCUT2D eigenvalue weighted by Gasteiger charge is -2.11. The highest BCUT2D eigenvalue weighted by Gasteiger charge is 2.11. The van der Waals surface area contributed by atoms with Crippen molar-refractivity contribution in [3.63, 3.8) is 0 Å². The van der Waals surface area contributed by atoms with Gasteiger partial charge in [-0.2, -0.15) is 0 Å². The number of hydrogen-bond acceptors (Lipinski definition) is 3. The Balaban J connectivity index is 0.000000171. The summed E-state index contributed by atoms with van der Waals surface area (Å²) in [5.74, 6) is -1.05. The van der Waals surface area contributed by atoms with Crippen LogP contribution in [0.25, 0.3) is 21.8 Å². The highest BCUT2D eigenvalue weighted by Crippen LogP contribution is 2.25. The molecule has 0 bridgehead atoms. The number of hydrogen-bond donors (Lipinski definition) is 2. The predicted octanol–water partition coefficient (Wildman–Crippen LogP) is 8.83. The molecule has 5 aromatic rings. The Labute approximate surface area is 244 Å². The van der Waals surface area contributed by atoms with Gasteiger partial charge in [0.25, 0.3) is 0 Å². The number of anilines is 1. The normalized spacial score (nSPS) is 10.3. The summed E-state index contributed by atoms with van der Waals surface area (Å²) in [7, 11) is 1.94. The van der Waals surface area contributed by atoms with Crippen LogP contribution in [-0.4, -0.2) is 15.6 Å². The molecule has 0 spiro atoms. The number of carbonyl (C=O) groups is 1. The quantitative estimate of drug-likeness (QED) is 0.136. The van der Waals surface area contributed by atoms with Crippen molar-refractivity contribution in [2.45, 2.75) is 0 Å². The van der Waals surface area contributed by atoms with Crippen LogP contribution in [0.5, 0.6) is 0 Å². The number of aromatic carboxylic acids is 1. The van der Waals surface area contributed by atoms with Crippen LogP contribution in [0.15, 0.2) is 92.6 Å². The Morgan fingerprint density at radius 1 is 0.865 bits per heavy atom. The number of nitrogen functional groups attached to an aromatic ring is 1. The van der Waals surface area contributed by atoms with Crippen molar-refractivity contribution in [2.24, 2.45) is 7.05 Å². The molecule has 0 aliphatic rings. The van der Waals surface area contributed by atoms with Gasteiger partial charge in [-0.1, -0.05) is 62.9 Å². The number of aromatic nitrogens is 1. The van der Waals surface area contributed by atoms with Crippen molar-refractivity contribution in [1.82, 2.24) is 4.57 Å². The summed E-state index contributed by atoms with van der Waals surface area (Å²) in [6.07, 6.45) is 0. The lowest BCUT2D eigenvalue weighted by molar-refractivity contribution is 0.0697. The number of rotatable bonds is 1. The second kappa shape index (κ2) is 12.8. The van der Waals surface area contributed by atoms with Crippen molar-refractivity contribution >= 4 is 100 Å². The van der Waals surface area contributed by atoms with Crippen LogP contribution >= 0.6 is 66.7 Å². The Morgan fingerprint density at radius 2 is 1.51 bits per heavy atom. The maximum Gasteiger partial charge on any atom is 0.337 e. The predicted molar refractivity (Wildman–Crippen MR) is 161 cm³/mol. The third kappa shape index (κ3) is 7.27. The number of nitrogens with two attached hydrogens (primary N) is 1. The van der Waals surface area contributed by atoms with E-state index in [-0.39, 0.29) is 16.0 Å². The van der Waals surface area contributed by atoms with Crippen molar-refractivity contribution in [3.05, 3.63) is 119 Å². The summed E-state index contributed by atoms with van der Waals surface area (Å²) in [5.41, 5.74) is 8.05. The second-order valence-electron chi connectivity index (χ2n) is 7.67. The number of carboxylic acids is 1. The summed E-state index contributed by atoms with van der Waals surface area (Å²) in [6.45, 7) is 0. The van der Waals surface area contributed by atoms with Gasteiger partial charge in [0.1, 0.15) is 0 Å². The standard InChI is InChI=1S/C14H9BrClNO.C7H4Cl2O2.C6H6BrN/c1-17-11-4-2-3-10(15)13(11)14(18)9-6-5-8(16)7-12(9)17;8-4-1-2-5(7(10)11)6(9)3-4;7-5-2-1-3-6(8)4-5/h2-7H,1H3;1-3H,(H,10,11);1-4H,8H2. The minimum absolute atomic E-state index is 0.0299. The first-order chi connectivity index (χ1) is 17.5. The Morgan fingerprint density at radius 3 is 2.11 bits per heavy atom. The first kappa shape index (κ1) is 29.0. The molecule has 0 saturated heterocycles. The van der Waals surface area contributed by atoms with Crippen molar-refractivity contribution in [1.29, 1.82) is 0 Å². The average Bonchev–Trinajstić information content (AvgIpc) is 2.83. The molecule has 5 rings (SSSR count). The first-order valence-electron chi connectivity index (χ1n) is 10.6. The minimum Gasteiger partial charge on any atom is -0.478 e. The Bertz CT molecular complexity index is 1650. The van der Waals surface area contributed by atoms with E-state index in [1.165, 1.54) is 18.2 Å². The zero-order valence-corrected chi connectivity index (χ0v) is 24.6. The molecule has 10 heteroatoms. The van der Waals surface area contributed by atoms with E-state index in [9.17, 15) is 9.59 Å². The summed E-state index contributed by atoms with van der Waals surface area (Å²) < 4.78 is 3.83. The smallest absolute Gasteiger partial charge is 0.337 e. The summed E-state index contributed by atoms with van der Waals surface area (Å²) in [4.78, 5) is 22.9. The van der Waals surface area contributed by atoms with Crippen molar-refractivity contribution < 1.29 is 9.90 Å². The van der Waals surface area contributed by atoms with E-state index < -0.39 is 5.97 Å². The van der Waals surface area contributed by atoms with Gasteiger partial charge < -0.3 is 15.4 Å². The van der Waals surface area contributed by atoms with Crippen LogP contribution in [0, 0.1) is 0 Å². The van der Waals surface area contributed by atoms with Gasteiger partial charge in [-0.15, -0.1) is 0 Å². The molecule has 0 aliphatic heterocycles. The van der Waals surface area contributed by atoms with Gasteiger partial charge in [0, 0.05) is 37.1 Å². The lowest BCUT2D eigenvalue weighted by atomic mass is 10.1. The fraction of sp³-hybridized carbons (Fsp3) is 0.0370. The highest BCUT2D eigenvalue weighted by atomic mass is 79.9. The number of carboxylic acid groups (broad SMARTS) is 1. The number of fused-ring (bicyclic) bond motifs is 2. The van der Waals surface area contributed by atoms with Gasteiger partial charge in [0.05, 0.1) is 27.0 Å². The monoisotopic (exact) mass is 682 g/mol. The van der Waals surface area contributed by atoms with Gasteiger partial charge in [0.15, 0.2) is 5.43 Å². The maximum absolute atomic E-state index is 12.5. The Kier molecular flexibility index (Phi) is 10.0. The zero-order valence-electron chi connectivity index (χ0n) is 19.2. The molecular weight excluding hydrogens is 666 g/mol.